The molecule has 0 atom stereocenters. The Bertz CT molecular complexity index is 164. The minimum absolute atomic E-state index is 0.291. The fourth-order valence-corrected chi connectivity index (χ4v) is 1.50. The Morgan fingerprint density at radius 1 is 1.14 bits per heavy atom. The van der Waals surface area contributed by atoms with Crippen molar-refractivity contribution in [2.24, 2.45) is 11.8 Å². The van der Waals surface area contributed by atoms with Crippen molar-refractivity contribution in [3.05, 3.63) is 0 Å². The van der Waals surface area contributed by atoms with Gasteiger partial charge in [-0.25, -0.2) is 0 Å². The maximum atomic E-state index is 11.6. The van der Waals surface area contributed by atoms with E-state index in [0.717, 1.165) is 19.4 Å². The summed E-state index contributed by atoms with van der Waals surface area (Å²) in [5.74, 6) is 1.56. The van der Waals surface area contributed by atoms with Crippen molar-refractivity contribution in [3.63, 3.8) is 0 Å². The van der Waals surface area contributed by atoms with Gasteiger partial charge in [0.25, 0.3) is 0 Å². The Labute approximate surface area is 88.7 Å². The molecule has 0 aliphatic carbocycles. The monoisotopic (exact) mass is 199 g/mol. The van der Waals surface area contributed by atoms with Crippen molar-refractivity contribution >= 4 is 5.91 Å². The van der Waals surface area contributed by atoms with E-state index >= 15 is 0 Å². The molecule has 0 aliphatic rings. The average molecular weight is 199 g/mol. The van der Waals surface area contributed by atoms with Gasteiger partial charge >= 0.3 is 0 Å². The van der Waals surface area contributed by atoms with E-state index < -0.39 is 0 Å². The second-order valence-corrected chi connectivity index (χ2v) is 4.95. The van der Waals surface area contributed by atoms with E-state index in [1.165, 1.54) is 0 Å². The average Bonchev–Trinajstić information content (AvgIpc) is 2.01. The fourth-order valence-electron chi connectivity index (χ4n) is 1.50. The van der Waals surface area contributed by atoms with Gasteiger partial charge < -0.3 is 4.90 Å². The van der Waals surface area contributed by atoms with Gasteiger partial charge in [-0.1, -0.05) is 34.1 Å². The van der Waals surface area contributed by atoms with Crippen LogP contribution in [0.15, 0.2) is 0 Å². The van der Waals surface area contributed by atoms with Crippen LogP contribution in [-0.4, -0.2) is 24.4 Å². The predicted molar refractivity (Wildman–Crippen MR) is 61.2 cm³/mol. The molecule has 0 radical (unpaired) electrons. The van der Waals surface area contributed by atoms with Crippen molar-refractivity contribution in [2.45, 2.75) is 47.0 Å². The van der Waals surface area contributed by atoms with Gasteiger partial charge in [0.2, 0.25) is 5.91 Å². The smallest absolute Gasteiger partial charge is 0.222 e. The summed E-state index contributed by atoms with van der Waals surface area (Å²) in [4.78, 5) is 13.4. The number of carbonyl (C=O) groups excluding carboxylic acids is 1. The first kappa shape index (κ1) is 13.5. The molecule has 84 valence electrons. The lowest BCUT2D eigenvalue weighted by molar-refractivity contribution is -0.130. The molecule has 0 aromatic rings. The third kappa shape index (κ3) is 6.93. The summed E-state index contributed by atoms with van der Waals surface area (Å²) in [6.45, 7) is 9.54. The fraction of sp³-hybridized carbons (Fsp3) is 0.917. The van der Waals surface area contributed by atoms with Crippen LogP contribution in [-0.2, 0) is 4.79 Å². The van der Waals surface area contributed by atoms with Crippen LogP contribution in [0.2, 0.25) is 0 Å². The van der Waals surface area contributed by atoms with Gasteiger partial charge in [-0.2, -0.15) is 0 Å². The quantitative estimate of drug-likeness (QED) is 0.644. The summed E-state index contributed by atoms with van der Waals surface area (Å²) >= 11 is 0. The summed E-state index contributed by atoms with van der Waals surface area (Å²) in [6, 6.07) is 0. The number of hydrogen-bond donors (Lipinski definition) is 0. The van der Waals surface area contributed by atoms with E-state index in [9.17, 15) is 4.79 Å². The Hall–Kier alpha value is -0.530. The van der Waals surface area contributed by atoms with Crippen LogP contribution in [0.3, 0.4) is 0 Å². The minimum atomic E-state index is 0.291. The molecule has 0 saturated heterocycles. The first-order valence-corrected chi connectivity index (χ1v) is 5.67. The van der Waals surface area contributed by atoms with Crippen LogP contribution in [0.5, 0.6) is 0 Å². The molecule has 0 N–H and O–H groups in total. The van der Waals surface area contributed by atoms with E-state index in [2.05, 4.69) is 27.7 Å². The van der Waals surface area contributed by atoms with Crippen LogP contribution in [0.25, 0.3) is 0 Å². The molecule has 0 aliphatic heterocycles. The molecule has 0 aromatic carbocycles. The minimum Gasteiger partial charge on any atom is -0.346 e. The molecule has 0 fully saturated rings. The third-order valence-corrected chi connectivity index (χ3v) is 2.24. The highest BCUT2D eigenvalue weighted by Gasteiger charge is 2.09. The number of amides is 1. The summed E-state index contributed by atoms with van der Waals surface area (Å²) in [7, 11) is 1.90. The first-order chi connectivity index (χ1) is 6.43. The van der Waals surface area contributed by atoms with Gasteiger partial charge in [-0.15, -0.1) is 0 Å². The Morgan fingerprint density at radius 3 is 2.14 bits per heavy atom. The largest absolute Gasteiger partial charge is 0.346 e. The van der Waals surface area contributed by atoms with Gasteiger partial charge in [0.1, 0.15) is 0 Å². The van der Waals surface area contributed by atoms with E-state index in [1.807, 2.05) is 11.9 Å². The molecule has 14 heavy (non-hydrogen) atoms. The maximum Gasteiger partial charge on any atom is 0.222 e. The highest BCUT2D eigenvalue weighted by Crippen LogP contribution is 2.08. The zero-order valence-corrected chi connectivity index (χ0v) is 10.3. The van der Waals surface area contributed by atoms with Crippen LogP contribution in [0.1, 0.15) is 47.0 Å². The van der Waals surface area contributed by atoms with Gasteiger partial charge in [0.15, 0.2) is 0 Å². The van der Waals surface area contributed by atoms with Crippen LogP contribution in [0, 0.1) is 11.8 Å². The van der Waals surface area contributed by atoms with E-state index in [-0.39, 0.29) is 0 Å². The number of hydrogen-bond acceptors (Lipinski definition) is 1. The molecule has 0 saturated carbocycles. The third-order valence-electron chi connectivity index (χ3n) is 2.24. The molecular weight excluding hydrogens is 174 g/mol. The van der Waals surface area contributed by atoms with Gasteiger partial charge in [-0.3, -0.25) is 4.79 Å². The Kier molecular flexibility index (Phi) is 6.60. The lowest BCUT2D eigenvalue weighted by Crippen LogP contribution is -2.30. The topological polar surface area (TPSA) is 20.3 Å². The maximum absolute atomic E-state index is 11.6. The second kappa shape index (κ2) is 6.86. The molecule has 2 heteroatoms. The zero-order valence-electron chi connectivity index (χ0n) is 10.3. The standard InChI is InChI=1S/C12H25NO/c1-10(2)7-6-8-12(14)13(5)9-11(3)4/h10-11H,6-9H2,1-5H3. The van der Waals surface area contributed by atoms with Crippen molar-refractivity contribution in [1.82, 2.24) is 4.90 Å². The van der Waals surface area contributed by atoms with Gasteiger partial charge in [0.05, 0.1) is 0 Å². The van der Waals surface area contributed by atoms with E-state index in [4.69, 9.17) is 0 Å². The molecule has 0 rings (SSSR count). The molecular formula is C12H25NO. The molecule has 1 amide bonds. The molecule has 2 nitrogen and oxygen atoms in total. The van der Waals surface area contributed by atoms with Crippen LogP contribution >= 0.6 is 0 Å². The first-order valence-electron chi connectivity index (χ1n) is 5.67. The SMILES string of the molecule is CC(C)CCCC(=O)N(C)CC(C)C. The van der Waals surface area contributed by atoms with Crippen LogP contribution in [0.4, 0.5) is 0 Å². The summed E-state index contributed by atoms with van der Waals surface area (Å²) < 4.78 is 0. The zero-order chi connectivity index (χ0) is 11.1. The predicted octanol–water partition coefficient (Wildman–Crippen LogP) is 2.93. The molecule has 0 aromatic heterocycles. The molecule has 0 bridgehead atoms. The van der Waals surface area contributed by atoms with Crippen molar-refractivity contribution in [2.75, 3.05) is 13.6 Å². The highest BCUT2D eigenvalue weighted by atomic mass is 16.2. The number of rotatable bonds is 6. The molecule has 0 unspecified atom stereocenters. The Balaban J connectivity index is 3.62. The Morgan fingerprint density at radius 2 is 1.71 bits per heavy atom. The van der Waals surface area contributed by atoms with Crippen molar-refractivity contribution in [1.29, 1.82) is 0 Å². The summed E-state index contributed by atoms with van der Waals surface area (Å²) in [5.41, 5.74) is 0. The van der Waals surface area contributed by atoms with Crippen LogP contribution < -0.4 is 0 Å². The van der Waals surface area contributed by atoms with Crippen molar-refractivity contribution in [3.8, 4) is 0 Å². The molecule has 0 spiro atoms. The van der Waals surface area contributed by atoms with E-state index in [0.29, 0.717) is 24.2 Å². The van der Waals surface area contributed by atoms with Gasteiger partial charge in [0, 0.05) is 20.0 Å². The normalized spacial score (nSPS) is 11.1. The number of nitrogens with zero attached hydrogens (tertiary/aromatic N) is 1. The summed E-state index contributed by atoms with van der Waals surface area (Å²) in [5, 5.41) is 0. The molecule has 0 heterocycles. The second-order valence-electron chi connectivity index (χ2n) is 4.95. The summed E-state index contributed by atoms with van der Waals surface area (Å²) in [6.07, 6.45) is 2.89. The van der Waals surface area contributed by atoms with Gasteiger partial charge in [-0.05, 0) is 18.3 Å². The van der Waals surface area contributed by atoms with Crippen molar-refractivity contribution < 1.29 is 4.79 Å². The lowest BCUT2D eigenvalue weighted by Gasteiger charge is -2.19. The highest BCUT2D eigenvalue weighted by molar-refractivity contribution is 5.75. The van der Waals surface area contributed by atoms with E-state index in [1.54, 1.807) is 0 Å². The number of carbonyl (C=O) groups is 1. The lowest BCUT2D eigenvalue weighted by atomic mass is 10.1.